The average molecular weight is 249 g/mol. The molecule has 18 heavy (non-hydrogen) atoms. The van der Waals surface area contributed by atoms with Crippen LogP contribution in [0.5, 0.6) is 0 Å². The minimum Gasteiger partial charge on any atom is -0.392 e. The van der Waals surface area contributed by atoms with Crippen LogP contribution in [0.4, 0.5) is 4.39 Å². The Morgan fingerprint density at radius 1 is 1.39 bits per heavy atom. The van der Waals surface area contributed by atoms with Crippen molar-refractivity contribution >= 4 is 0 Å². The second-order valence-corrected chi connectivity index (χ2v) is 4.18. The summed E-state index contributed by atoms with van der Waals surface area (Å²) in [5, 5.41) is 13.4. The van der Waals surface area contributed by atoms with Crippen LogP contribution in [0.3, 0.4) is 0 Å². The van der Waals surface area contributed by atoms with Crippen molar-refractivity contribution in [1.29, 1.82) is 0 Å². The summed E-state index contributed by atoms with van der Waals surface area (Å²) in [7, 11) is 0. The molecule has 0 spiro atoms. The molecule has 0 radical (unpaired) electrons. The predicted molar refractivity (Wildman–Crippen MR) is 66.1 cm³/mol. The van der Waals surface area contributed by atoms with Crippen molar-refractivity contribution in [3.8, 4) is 5.82 Å². The monoisotopic (exact) mass is 249 g/mol. The van der Waals surface area contributed by atoms with Gasteiger partial charge in [0.1, 0.15) is 0 Å². The van der Waals surface area contributed by atoms with Gasteiger partial charge in [-0.1, -0.05) is 6.92 Å². The van der Waals surface area contributed by atoms with Gasteiger partial charge in [0.15, 0.2) is 11.6 Å². The molecule has 2 heterocycles. The first-order valence-electron chi connectivity index (χ1n) is 5.89. The van der Waals surface area contributed by atoms with Gasteiger partial charge in [0.2, 0.25) is 0 Å². The third-order valence-electron chi connectivity index (χ3n) is 3.12. The zero-order valence-corrected chi connectivity index (χ0v) is 10.7. The van der Waals surface area contributed by atoms with Gasteiger partial charge in [-0.3, -0.25) is 0 Å². The fraction of sp³-hybridized carbons (Fsp3) is 0.385. The molecule has 2 rings (SSSR count). The van der Waals surface area contributed by atoms with Crippen molar-refractivity contribution in [2.45, 2.75) is 33.8 Å². The van der Waals surface area contributed by atoms with E-state index in [4.69, 9.17) is 5.11 Å². The first kappa shape index (κ1) is 12.7. The molecule has 1 N–H and O–H groups in total. The Labute approximate surface area is 105 Å². The van der Waals surface area contributed by atoms with Gasteiger partial charge in [-0.25, -0.2) is 14.1 Å². The summed E-state index contributed by atoms with van der Waals surface area (Å²) in [4.78, 5) is 4.02. The Hall–Kier alpha value is -1.75. The molecular weight excluding hydrogens is 233 g/mol. The molecule has 0 fully saturated rings. The van der Waals surface area contributed by atoms with E-state index >= 15 is 0 Å². The number of rotatable bonds is 3. The highest BCUT2D eigenvalue weighted by atomic mass is 19.1. The summed E-state index contributed by atoms with van der Waals surface area (Å²) in [6, 6.07) is 1.46. The maximum Gasteiger partial charge on any atom is 0.190 e. The lowest BCUT2D eigenvalue weighted by Gasteiger charge is -2.07. The lowest BCUT2D eigenvalue weighted by atomic mass is 10.1. The first-order chi connectivity index (χ1) is 8.60. The molecule has 0 saturated carbocycles. The SMILES string of the molecule is CCc1c(C)nn(-c2nccc(CO)c2F)c1C. The molecule has 4 nitrogen and oxygen atoms in total. The van der Waals surface area contributed by atoms with Crippen molar-refractivity contribution in [3.05, 3.63) is 40.6 Å². The normalized spacial score (nSPS) is 10.9. The quantitative estimate of drug-likeness (QED) is 0.906. The van der Waals surface area contributed by atoms with Gasteiger partial charge >= 0.3 is 0 Å². The highest BCUT2D eigenvalue weighted by molar-refractivity contribution is 5.35. The Bertz CT molecular complexity index is 578. The van der Waals surface area contributed by atoms with Crippen LogP contribution >= 0.6 is 0 Å². The molecule has 0 saturated heterocycles. The maximum atomic E-state index is 14.1. The van der Waals surface area contributed by atoms with Gasteiger partial charge in [0.25, 0.3) is 0 Å². The van der Waals surface area contributed by atoms with Gasteiger partial charge in [-0.15, -0.1) is 0 Å². The van der Waals surface area contributed by atoms with E-state index in [9.17, 15) is 4.39 Å². The van der Waals surface area contributed by atoms with Gasteiger partial charge in [0.05, 0.1) is 12.3 Å². The minimum atomic E-state index is -0.520. The number of aliphatic hydroxyl groups is 1. The topological polar surface area (TPSA) is 50.9 Å². The Balaban J connectivity index is 2.62. The van der Waals surface area contributed by atoms with Crippen LogP contribution in [-0.4, -0.2) is 19.9 Å². The summed E-state index contributed by atoms with van der Waals surface area (Å²) in [6.45, 7) is 5.48. The summed E-state index contributed by atoms with van der Waals surface area (Å²) < 4.78 is 15.6. The number of halogens is 1. The molecule has 2 aromatic heterocycles. The van der Waals surface area contributed by atoms with Crippen molar-refractivity contribution in [2.75, 3.05) is 0 Å². The molecule has 5 heteroatoms. The number of hydrogen-bond donors (Lipinski definition) is 1. The van der Waals surface area contributed by atoms with Crippen LogP contribution in [0.15, 0.2) is 12.3 Å². The maximum absolute atomic E-state index is 14.1. The number of aliphatic hydroxyl groups excluding tert-OH is 1. The predicted octanol–water partition coefficient (Wildman–Crippen LogP) is 2.08. The van der Waals surface area contributed by atoms with E-state index in [0.717, 1.165) is 23.4 Å². The van der Waals surface area contributed by atoms with Gasteiger partial charge in [0, 0.05) is 17.5 Å². The van der Waals surface area contributed by atoms with Crippen LogP contribution < -0.4 is 0 Å². The lowest BCUT2D eigenvalue weighted by Crippen LogP contribution is -2.07. The van der Waals surface area contributed by atoms with E-state index in [1.165, 1.54) is 16.9 Å². The van der Waals surface area contributed by atoms with Crippen LogP contribution in [0.2, 0.25) is 0 Å². The second kappa shape index (κ2) is 4.86. The molecule has 96 valence electrons. The van der Waals surface area contributed by atoms with E-state index in [2.05, 4.69) is 10.1 Å². The smallest absolute Gasteiger partial charge is 0.190 e. The van der Waals surface area contributed by atoms with E-state index in [0.29, 0.717) is 0 Å². The van der Waals surface area contributed by atoms with E-state index in [1.54, 1.807) is 0 Å². The van der Waals surface area contributed by atoms with Crippen molar-refractivity contribution in [1.82, 2.24) is 14.8 Å². The van der Waals surface area contributed by atoms with E-state index in [-0.39, 0.29) is 18.0 Å². The Kier molecular flexibility index (Phi) is 3.43. The Morgan fingerprint density at radius 3 is 2.67 bits per heavy atom. The van der Waals surface area contributed by atoms with Crippen LogP contribution in [0.25, 0.3) is 5.82 Å². The third kappa shape index (κ3) is 1.90. The number of aromatic nitrogens is 3. The van der Waals surface area contributed by atoms with E-state index in [1.807, 2.05) is 20.8 Å². The van der Waals surface area contributed by atoms with E-state index < -0.39 is 5.82 Å². The standard InChI is InChI=1S/C13H16FN3O/c1-4-11-8(2)16-17(9(11)3)13-12(14)10(7-18)5-6-15-13/h5-6,18H,4,7H2,1-3H3. The molecule has 0 aliphatic rings. The van der Waals surface area contributed by atoms with Crippen molar-refractivity contribution in [3.63, 3.8) is 0 Å². The number of nitrogens with zero attached hydrogens (tertiary/aromatic N) is 3. The molecule has 0 atom stereocenters. The van der Waals surface area contributed by atoms with Crippen molar-refractivity contribution in [2.24, 2.45) is 0 Å². The summed E-state index contributed by atoms with van der Waals surface area (Å²) in [6.07, 6.45) is 2.32. The van der Waals surface area contributed by atoms with Gasteiger partial charge in [-0.05, 0) is 31.9 Å². The minimum absolute atomic E-state index is 0.141. The molecule has 2 aromatic rings. The number of hydrogen-bond acceptors (Lipinski definition) is 3. The fourth-order valence-electron chi connectivity index (χ4n) is 2.13. The fourth-order valence-corrected chi connectivity index (χ4v) is 2.13. The van der Waals surface area contributed by atoms with Gasteiger partial charge in [-0.2, -0.15) is 5.10 Å². The molecule has 0 aliphatic heterocycles. The molecule has 0 aliphatic carbocycles. The van der Waals surface area contributed by atoms with Crippen LogP contribution in [-0.2, 0) is 13.0 Å². The van der Waals surface area contributed by atoms with Crippen molar-refractivity contribution < 1.29 is 9.50 Å². The largest absolute Gasteiger partial charge is 0.392 e. The lowest BCUT2D eigenvalue weighted by molar-refractivity contribution is 0.275. The Morgan fingerprint density at radius 2 is 2.11 bits per heavy atom. The third-order valence-corrected chi connectivity index (χ3v) is 3.12. The summed E-state index contributed by atoms with van der Waals surface area (Å²) in [5.41, 5.74) is 3.10. The zero-order valence-electron chi connectivity index (χ0n) is 10.7. The summed E-state index contributed by atoms with van der Waals surface area (Å²) in [5.74, 6) is -0.380. The van der Waals surface area contributed by atoms with Gasteiger partial charge < -0.3 is 5.11 Å². The van der Waals surface area contributed by atoms with Crippen LogP contribution in [0, 0.1) is 19.7 Å². The molecule has 0 unspecified atom stereocenters. The molecule has 0 bridgehead atoms. The molecular formula is C13H16FN3O. The number of pyridine rings is 1. The van der Waals surface area contributed by atoms with Crippen LogP contribution in [0.1, 0.15) is 29.4 Å². The average Bonchev–Trinajstić information content (AvgIpc) is 2.64. The zero-order chi connectivity index (χ0) is 13.3. The highest BCUT2D eigenvalue weighted by Gasteiger charge is 2.16. The molecule has 0 aromatic carbocycles. The second-order valence-electron chi connectivity index (χ2n) is 4.18. The summed E-state index contributed by atoms with van der Waals surface area (Å²) >= 11 is 0. The molecule has 0 amide bonds. The highest BCUT2D eigenvalue weighted by Crippen LogP contribution is 2.20. The first-order valence-corrected chi connectivity index (χ1v) is 5.89. The number of aryl methyl sites for hydroxylation is 1.